The fourth-order valence-electron chi connectivity index (χ4n) is 3.39. The highest BCUT2D eigenvalue weighted by molar-refractivity contribution is 5.89. The normalized spacial score (nSPS) is 27.6. The third kappa shape index (κ3) is 2.22. The minimum Gasteiger partial charge on any atom is -0.326 e. The highest BCUT2D eigenvalue weighted by atomic mass is 16.2. The van der Waals surface area contributed by atoms with Gasteiger partial charge in [0, 0.05) is 6.54 Å². The molecule has 0 bridgehead atoms. The van der Waals surface area contributed by atoms with Crippen molar-refractivity contribution >= 4 is 5.91 Å². The Kier molecular flexibility index (Phi) is 3.76. The smallest absolute Gasteiger partial charge is 0.244 e. The zero-order chi connectivity index (χ0) is 12.5. The summed E-state index contributed by atoms with van der Waals surface area (Å²) in [6.07, 6.45) is 7.03. The SMILES string of the molecule is CCC(CC)CN1C(=O)C2(CCCC2)NC1C. The van der Waals surface area contributed by atoms with E-state index in [1.165, 1.54) is 25.7 Å². The van der Waals surface area contributed by atoms with Crippen LogP contribution in [0, 0.1) is 5.92 Å². The predicted octanol–water partition coefficient (Wildman–Crippen LogP) is 2.51. The Bertz CT molecular complexity index is 280. The van der Waals surface area contributed by atoms with Gasteiger partial charge in [-0.3, -0.25) is 10.1 Å². The summed E-state index contributed by atoms with van der Waals surface area (Å²) in [7, 11) is 0. The third-order valence-corrected chi connectivity index (χ3v) is 4.69. The average molecular weight is 238 g/mol. The quantitative estimate of drug-likeness (QED) is 0.816. The van der Waals surface area contributed by atoms with Crippen LogP contribution < -0.4 is 5.32 Å². The van der Waals surface area contributed by atoms with Crippen molar-refractivity contribution < 1.29 is 4.79 Å². The number of carbonyl (C=O) groups is 1. The summed E-state index contributed by atoms with van der Waals surface area (Å²) in [5.41, 5.74) is -0.189. The van der Waals surface area contributed by atoms with E-state index in [1.807, 2.05) is 0 Å². The minimum atomic E-state index is -0.189. The Morgan fingerprint density at radius 2 is 1.94 bits per heavy atom. The average Bonchev–Trinajstić information content (AvgIpc) is 2.87. The van der Waals surface area contributed by atoms with Gasteiger partial charge in [0.25, 0.3) is 0 Å². The van der Waals surface area contributed by atoms with Crippen LogP contribution in [0.5, 0.6) is 0 Å². The van der Waals surface area contributed by atoms with E-state index in [0.717, 1.165) is 19.4 Å². The number of rotatable bonds is 4. The van der Waals surface area contributed by atoms with E-state index in [2.05, 4.69) is 31.0 Å². The second-order valence-electron chi connectivity index (χ2n) is 5.75. The van der Waals surface area contributed by atoms with Crippen LogP contribution in [0.2, 0.25) is 0 Å². The van der Waals surface area contributed by atoms with Gasteiger partial charge in [0.05, 0.1) is 11.7 Å². The molecule has 2 aliphatic rings. The summed E-state index contributed by atoms with van der Waals surface area (Å²) < 4.78 is 0. The lowest BCUT2D eigenvalue weighted by molar-refractivity contribution is -0.133. The molecule has 1 saturated heterocycles. The zero-order valence-electron chi connectivity index (χ0n) is 11.5. The summed E-state index contributed by atoms with van der Waals surface area (Å²) in [4.78, 5) is 14.7. The van der Waals surface area contributed by atoms with Crippen molar-refractivity contribution in [2.45, 2.75) is 71.0 Å². The monoisotopic (exact) mass is 238 g/mol. The van der Waals surface area contributed by atoms with Gasteiger partial charge >= 0.3 is 0 Å². The lowest BCUT2D eigenvalue weighted by Crippen LogP contribution is -2.44. The first kappa shape index (κ1) is 12.9. The predicted molar refractivity (Wildman–Crippen MR) is 69.6 cm³/mol. The van der Waals surface area contributed by atoms with Crippen molar-refractivity contribution in [3.8, 4) is 0 Å². The molecule has 1 aliphatic heterocycles. The molecule has 1 N–H and O–H groups in total. The number of carbonyl (C=O) groups excluding carboxylic acids is 1. The molecule has 2 fully saturated rings. The third-order valence-electron chi connectivity index (χ3n) is 4.69. The molecule has 0 radical (unpaired) electrons. The summed E-state index contributed by atoms with van der Waals surface area (Å²) >= 11 is 0. The molecular formula is C14H26N2O. The van der Waals surface area contributed by atoms with Crippen LogP contribution in [-0.2, 0) is 4.79 Å². The molecule has 1 amide bonds. The second-order valence-corrected chi connectivity index (χ2v) is 5.75. The van der Waals surface area contributed by atoms with E-state index in [1.54, 1.807) is 0 Å². The van der Waals surface area contributed by atoms with E-state index in [9.17, 15) is 4.79 Å². The van der Waals surface area contributed by atoms with Crippen molar-refractivity contribution in [1.29, 1.82) is 0 Å². The van der Waals surface area contributed by atoms with Crippen LogP contribution in [0.3, 0.4) is 0 Å². The molecule has 98 valence electrons. The summed E-state index contributed by atoms with van der Waals surface area (Å²) in [5.74, 6) is 1.02. The molecule has 1 unspecified atom stereocenters. The summed E-state index contributed by atoms with van der Waals surface area (Å²) in [6.45, 7) is 7.51. The Morgan fingerprint density at radius 3 is 2.47 bits per heavy atom. The van der Waals surface area contributed by atoms with Crippen molar-refractivity contribution in [1.82, 2.24) is 10.2 Å². The van der Waals surface area contributed by atoms with Crippen LogP contribution in [-0.4, -0.2) is 29.1 Å². The van der Waals surface area contributed by atoms with Crippen molar-refractivity contribution in [3.05, 3.63) is 0 Å². The number of nitrogens with one attached hydrogen (secondary N) is 1. The van der Waals surface area contributed by atoms with E-state index < -0.39 is 0 Å². The van der Waals surface area contributed by atoms with Crippen molar-refractivity contribution in [2.24, 2.45) is 5.92 Å². The summed E-state index contributed by atoms with van der Waals surface area (Å²) in [5, 5.41) is 3.56. The maximum atomic E-state index is 12.6. The zero-order valence-corrected chi connectivity index (χ0v) is 11.5. The maximum Gasteiger partial charge on any atom is 0.244 e. The van der Waals surface area contributed by atoms with Gasteiger partial charge in [-0.05, 0) is 25.7 Å². The first-order valence-electron chi connectivity index (χ1n) is 7.21. The van der Waals surface area contributed by atoms with E-state index >= 15 is 0 Å². The molecule has 3 nitrogen and oxygen atoms in total. The minimum absolute atomic E-state index is 0.189. The number of amides is 1. The molecular weight excluding hydrogens is 212 g/mol. The fourth-order valence-corrected chi connectivity index (χ4v) is 3.39. The molecule has 1 aliphatic carbocycles. The highest BCUT2D eigenvalue weighted by Gasteiger charge is 2.50. The topological polar surface area (TPSA) is 32.3 Å². The van der Waals surface area contributed by atoms with E-state index in [4.69, 9.17) is 0 Å². The van der Waals surface area contributed by atoms with Crippen LogP contribution >= 0.6 is 0 Å². The number of hydrogen-bond donors (Lipinski definition) is 1. The van der Waals surface area contributed by atoms with Gasteiger partial charge in [0.15, 0.2) is 0 Å². The molecule has 0 aromatic rings. The van der Waals surface area contributed by atoms with Gasteiger partial charge in [-0.1, -0.05) is 39.5 Å². The van der Waals surface area contributed by atoms with E-state index in [-0.39, 0.29) is 11.7 Å². The molecule has 3 heteroatoms. The Balaban J connectivity index is 2.06. The fraction of sp³-hybridized carbons (Fsp3) is 0.929. The van der Waals surface area contributed by atoms with Crippen LogP contribution in [0.15, 0.2) is 0 Å². The van der Waals surface area contributed by atoms with Crippen molar-refractivity contribution in [3.63, 3.8) is 0 Å². The lowest BCUT2D eigenvalue weighted by atomic mass is 9.97. The lowest BCUT2D eigenvalue weighted by Gasteiger charge is -2.26. The molecule has 1 saturated carbocycles. The Labute approximate surface area is 105 Å². The highest BCUT2D eigenvalue weighted by Crippen LogP contribution is 2.36. The first-order chi connectivity index (χ1) is 8.13. The van der Waals surface area contributed by atoms with Crippen LogP contribution in [0.25, 0.3) is 0 Å². The standard InChI is InChI=1S/C14H26N2O/c1-4-12(5-2)10-16-11(3)15-14(13(16)17)8-6-7-9-14/h11-12,15H,4-10H2,1-3H3. The molecule has 1 spiro atoms. The molecule has 1 atom stereocenters. The van der Waals surface area contributed by atoms with Crippen LogP contribution in [0.1, 0.15) is 59.3 Å². The molecule has 0 aromatic heterocycles. The van der Waals surface area contributed by atoms with Gasteiger partial charge in [0.1, 0.15) is 0 Å². The molecule has 0 aromatic carbocycles. The van der Waals surface area contributed by atoms with Crippen LogP contribution in [0.4, 0.5) is 0 Å². The largest absolute Gasteiger partial charge is 0.326 e. The number of nitrogens with zero attached hydrogens (tertiary/aromatic N) is 1. The molecule has 2 rings (SSSR count). The first-order valence-corrected chi connectivity index (χ1v) is 7.21. The molecule has 1 heterocycles. The maximum absolute atomic E-state index is 12.6. The summed E-state index contributed by atoms with van der Waals surface area (Å²) in [6, 6.07) is 0. The van der Waals surface area contributed by atoms with Gasteiger partial charge < -0.3 is 4.90 Å². The Morgan fingerprint density at radius 1 is 1.35 bits per heavy atom. The van der Waals surface area contributed by atoms with E-state index in [0.29, 0.717) is 11.8 Å². The van der Waals surface area contributed by atoms with Gasteiger partial charge in [-0.25, -0.2) is 0 Å². The van der Waals surface area contributed by atoms with Gasteiger partial charge in [-0.2, -0.15) is 0 Å². The Hall–Kier alpha value is -0.570. The van der Waals surface area contributed by atoms with Gasteiger partial charge in [-0.15, -0.1) is 0 Å². The second kappa shape index (κ2) is 4.97. The van der Waals surface area contributed by atoms with Gasteiger partial charge in [0.2, 0.25) is 5.91 Å². The van der Waals surface area contributed by atoms with Crippen molar-refractivity contribution in [2.75, 3.05) is 6.54 Å². The number of hydrogen-bond acceptors (Lipinski definition) is 2. The molecule has 17 heavy (non-hydrogen) atoms.